The normalized spacial score (nSPS) is 12.7. The number of carbonyl (C=O) groups is 1. The number of benzene rings is 2. The molecule has 0 fully saturated rings. The van der Waals surface area contributed by atoms with E-state index in [0.29, 0.717) is 16.5 Å². The number of sulfonamides is 1. The molecule has 1 amide bonds. The Hall–Kier alpha value is -2.16. The summed E-state index contributed by atoms with van der Waals surface area (Å²) in [5, 5.41) is 3.18. The van der Waals surface area contributed by atoms with Crippen LogP contribution in [0.5, 0.6) is 11.5 Å². The second kappa shape index (κ2) is 7.84. The van der Waals surface area contributed by atoms with Gasteiger partial charge in [0.05, 0.1) is 17.0 Å². The Morgan fingerprint density at radius 2 is 1.89 bits per heavy atom. The summed E-state index contributed by atoms with van der Waals surface area (Å²) in [5.74, 6) is 0.766. The van der Waals surface area contributed by atoms with Gasteiger partial charge in [-0.2, -0.15) is 0 Å². The van der Waals surface area contributed by atoms with Crippen molar-refractivity contribution in [3.63, 3.8) is 0 Å². The summed E-state index contributed by atoms with van der Waals surface area (Å²) in [5.41, 5.74) is 0.977. The molecule has 10 heteroatoms. The summed E-state index contributed by atoms with van der Waals surface area (Å²) in [7, 11) is -3.73. The molecule has 0 aliphatic carbocycles. The zero-order valence-electron chi connectivity index (χ0n) is 14.2. The van der Waals surface area contributed by atoms with Crippen molar-refractivity contribution in [3.05, 3.63) is 52.0 Å². The number of anilines is 1. The van der Waals surface area contributed by atoms with E-state index < -0.39 is 22.5 Å². The second-order valence-electron chi connectivity index (χ2n) is 5.83. The van der Waals surface area contributed by atoms with Crippen LogP contribution in [0.1, 0.15) is 5.56 Å². The molecule has 1 N–H and O–H groups in total. The highest BCUT2D eigenvalue weighted by atomic mass is 35.5. The second-order valence-corrected chi connectivity index (χ2v) is 8.58. The van der Waals surface area contributed by atoms with Crippen molar-refractivity contribution in [1.82, 2.24) is 5.32 Å². The Bertz CT molecular complexity index is 981. The molecule has 0 radical (unpaired) electrons. The Morgan fingerprint density at radius 3 is 2.59 bits per heavy atom. The standard InChI is InChI=1S/C17H16Cl2N2O5S/c1-27(23,24)21(14-4-3-12(18)7-13(14)19)9-17(22)20-8-11-2-5-15-16(6-11)26-10-25-15/h2-7H,8-10H2,1H3,(H,20,22). The lowest BCUT2D eigenvalue weighted by molar-refractivity contribution is -0.119. The van der Waals surface area contributed by atoms with E-state index in [9.17, 15) is 13.2 Å². The third-order valence-electron chi connectivity index (χ3n) is 3.79. The van der Waals surface area contributed by atoms with E-state index in [1.165, 1.54) is 18.2 Å². The lowest BCUT2D eigenvalue weighted by atomic mass is 10.2. The Balaban J connectivity index is 1.70. The van der Waals surface area contributed by atoms with Crippen LogP contribution in [0, 0.1) is 0 Å². The van der Waals surface area contributed by atoms with Gasteiger partial charge < -0.3 is 14.8 Å². The molecule has 3 rings (SSSR count). The van der Waals surface area contributed by atoms with Gasteiger partial charge in [-0.1, -0.05) is 29.3 Å². The summed E-state index contributed by atoms with van der Waals surface area (Å²) in [6, 6.07) is 9.68. The number of hydrogen-bond acceptors (Lipinski definition) is 5. The maximum atomic E-state index is 12.3. The molecular formula is C17H16Cl2N2O5S. The van der Waals surface area contributed by atoms with Crippen LogP contribution in [0.2, 0.25) is 10.0 Å². The average Bonchev–Trinajstić information content (AvgIpc) is 3.05. The van der Waals surface area contributed by atoms with Crippen LogP contribution in [0.25, 0.3) is 0 Å². The van der Waals surface area contributed by atoms with E-state index in [1.807, 2.05) is 0 Å². The van der Waals surface area contributed by atoms with E-state index in [0.717, 1.165) is 16.1 Å². The molecule has 1 aliphatic rings. The first kappa shape index (κ1) is 19.6. The zero-order chi connectivity index (χ0) is 19.6. The van der Waals surface area contributed by atoms with Gasteiger partial charge >= 0.3 is 0 Å². The van der Waals surface area contributed by atoms with Gasteiger partial charge in [-0.15, -0.1) is 0 Å². The van der Waals surface area contributed by atoms with E-state index in [1.54, 1.807) is 18.2 Å². The third kappa shape index (κ3) is 4.77. The Kier molecular flexibility index (Phi) is 5.69. The first-order chi connectivity index (χ1) is 12.7. The third-order valence-corrected chi connectivity index (χ3v) is 5.46. The molecule has 144 valence electrons. The maximum Gasteiger partial charge on any atom is 0.241 e. The van der Waals surface area contributed by atoms with Crippen molar-refractivity contribution in [2.24, 2.45) is 0 Å². The van der Waals surface area contributed by atoms with Crippen molar-refractivity contribution in [1.29, 1.82) is 0 Å². The van der Waals surface area contributed by atoms with Gasteiger partial charge in [0.2, 0.25) is 22.7 Å². The molecule has 7 nitrogen and oxygen atoms in total. The quantitative estimate of drug-likeness (QED) is 0.761. The fraction of sp³-hybridized carbons (Fsp3) is 0.235. The van der Waals surface area contributed by atoms with Crippen molar-refractivity contribution in [3.8, 4) is 11.5 Å². The van der Waals surface area contributed by atoms with Gasteiger partial charge in [-0.05, 0) is 35.9 Å². The van der Waals surface area contributed by atoms with Crippen LogP contribution >= 0.6 is 23.2 Å². The molecule has 2 aromatic rings. The fourth-order valence-electron chi connectivity index (χ4n) is 2.50. The number of halogens is 2. The van der Waals surface area contributed by atoms with Gasteiger partial charge in [-0.3, -0.25) is 9.10 Å². The van der Waals surface area contributed by atoms with Crippen molar-refractivity contribution in [2.75, 3.05) is 23.9 Å². The van der Waals surface area contributed by atoms with Crippen LogP contribution in [0.3, 0.4) is 0 Å². The molecular weight excluding hydrogens is 415 g/mol. The van der Waals surface area contributed by atoms with Crippen LogP contribution < -0.4 is 19.1 Å². The largest absolute Gasteiger partial charge is 0.454 e. The molecule has 0 atom stereocenters. The lowest BCUT2D eigenvalue weighted by Crippen LogP contribution is -2.40. The molecule has 0 spiro atoms. The minimum atomic E-state index is -3.73. The van der Waals surface area contributed by atoms with E-state index in [2.05, 4.69) is 5.32 Å². The van der Waals surface area contributed by atoms with Crippen molar-refractivity contribution in [2.45, 2.75) is 6.54 Å². The average molecular weight is 431 g/mol. The molecule has 0 saturated carbocycles. The first-order valence-electron chi connectivity index (χ1n) is 7.82. The first-order valence-corrected chi connectivity index (χ1v) is 10.4. The molecule has 0 bridgehead atoms. The summed E-state index contributed by atoms with van der Waals surface area (Å²) in [4.78, 5) is 12.3. The van der Waals surface area contributed by atoms with Gasteiger partial charge in [0.1, 0.15) is 6.54 Å². The molecule has 2 aromatic carbocycles. The smallest absolute Gasteiger partial charge is 0.241 e. The van der Waals surface area contributed by atoms with E-state index in [4.69, 9.17) is 32.7 Å². The maximum absolute atomic E-state index is 12.3. The highest BCUT2D eigenvalue weighted by Gasteiger charge is 2.23. The predicted molar refractivity (Wildman–Crippen MR) is 103 cm³/mol. The number of hydrogen-bond donors (Lipinski definition) is 1. The molecule has 0 saturated heterocycles. The van der Waals surface area contributed by atoms with Gasteiger partial charge in [0, 0.05) is 11.6 Å². The van der Waals surface area contributed by atoms with Gasteiger partial charge in [0.15, 0.2) is 11.5 Å². The molecule has 0 unspecified atom stereocenters. The van der Waals surface area contributed by atoms with Crippen LogP contribution in [-0.4, -0.2) is 33.9 Å². The summed E-state index contributed by atoms with van der Waals surface area (Å²) in [6.07, 6.45) is 1.00. The van der Waals surface area contributed by atoms with Gasteiger partial charge in [-0.25, -0.2) is 8.42 Å². The number of nitrogens with zero attached hydrogens (tertiary/aromatic N) is 1. The summed E-state index contributed by atoms with van der Waals surface area (Å²) >= 11 is 11.9. The highest BCUT2D eigenvalue weighted by Crippen LogP contribution is 2.32. The number of fused-ring (bicyclic) bond motifs is 1. The Labute approximate surface area is 166 Å². The lowest BCUT2D eigenvalue weighted by Gasteiger charge is -2.23. The predicted octanol–water partition coefficient (Wildman–Crippen LogP) is 2.80. The number of amides is 1. The fourth-order valence-corrected chi connectivity index (χ4v) is 3.93. The monoisotopic (exact) mass is 430 g/mol. The van der Waals surface area contributed by atoms with Crippen LogP contribution in [0.15, 0.2) is 36.4 Å². The molecule has 1 heterocycles. The van der Waals surface area contributed by atoms with Crippen LogP contribution in [-0.2, 0) is 21.4 Å². The summed E-state index contributed by atoms with van der Waals surface area (Å²) in [6.45, 7) is -0.0392. The number of carbonyl (C=O) groups excluding carboxylic acids is 1. The minimum Gasteiger partial charge on any atom is -0.454 e. The highest BCUT2D eigenvalue weighted by molar-refractivity contribution is 7.92. The van der Waals surface area contributed by atoms with Crippen LogP contribution in [0.4, 0.5) is 5.69 Å². The molecule has 27 heavy (non-hydrogen) atoms. The minimum absolute atomic E-state index is 0.136. The number of rotatable bonds is 6. The zero-order valence-corrected chi connectivity index (χ0v) is 16.6. The Morgan fingerprint density at radius 1 is 1.15 bits per heavy atom. The summed E-state index contributed by atoms with van der Waals surface area (Å²) < 4.78 is 35.7. The van der Waals surface area contributed by atoms with E-state index in [-0.39, 0.29) is 24.0 Å². The number of ether oxygens (including phenoxy) is 2. The topological polar surface area (TPSA) is 84.9 Å². The van der Waals surface area contributed by atoms with E-state index >= 15 is 0 Å². The van der Waals surface area contributed by atoms with Crippen molar-refractivity contribution < 1.29 is 22.7 Å². The molecule has 0 aromatic heterocycles. The van der Waals surface area contributed by atoms with Gasteiger partial charge in [0.25, 0.3) is 0 Å². The molecule has 1 aliphatic heterocycles. The van der Waals surface area contributed by atoms with Crippen molar-refractivity contribution >= 4 is 44.8 Å². The SMILES string of the molecule is CS(=O)(=O)N(CC(=O)NCc1ccc2c(c1)OCO2)c1ccc(Cl)cc1Cl. The number of nitrogens with one attached hydrogen (secondary N) is 1.